The molecule has 2 aromatic heterocycles. The van der Waals surface area contributed by atoms with Crippen molar-refractivity contribution in [2.75, 3.05) is 39.9 Å². The first-order valence-electron chi connectivity index (χ1n) is 14.0. The number of aromatic nitrogens is 2. The third-order valence-electron chi connectivity index (χ3n) is 7.20. The second-order valence-corrected chi connectivity index (χ2v) is 11.5. The molecule has 0 bridgehead atoms. The number of benzene rings is 1. The van der Waals surface area contributed by atoms with Crippen molar-refractivity contribution >= 4 is 28.5 Å². The van der Waals surface area contributed by atoms with Crippen LogP contribution in [0, 0.1) is 0 Å². The molecular formula is C31H40N4O6. The van der Waals surface area contributed by atoms with Gasteiger partial charge in [-0.05, 0) is 46.2 Å². The number of fused-ring (bicyclic) bond motifs is 1. The molecule has 2 amide bonds. The highest BCUT2D eigenvalue weighted by Crippen LogP contribution is 2.36. The summed E-state index contributed by atoms with van der Waals surface area (Å²) in [5.74, 6) is -0.770. The summed E-state index contributed by atoms with van der Waals surface area (Å²) in [4.78, 5) is 50.3. The summed E-state index contributed by atoms with van der Waals surface area (Å²) in [7, 11) is 1.49. The van der Waals surface area contributed by atoms with E-state index >= 15 is 0 Å². The molecule has 220 valence electrons. The molecule has 0 spiro atoms. The van der Waals surface area contributed by atoms with Gasteiger partial charge >= 0.3 is 0 Å². The number of ketones is 1. The van der Waals surface area contributed by atoms with Crippen LogP contribution >= 0.6 is 0 Å². The minimum atomic E-state index is -0.753. The van der Waals surface area contributed by atoms with Crippen molar-refractivity contribution in [3.05, 3.63) is 53.9 Å². The number of methoxy groups -OCH3 is 1. The van der Waals surface area contributed by atoms with Gasteiger partial charge in [0.25, 0.3) is 17.6 Å². The van der Waals surface area contributed by atoms with Gasteiger partial charge in [0.2, 0.25) is 5.88 Å². The van der Waals surface area contributed by atoms with Gasteiger partial charge in [-0.2, -0.15) is 0 Å². The number of nitrogens with zero attached hydrogens (tertiary/aromatic N) is 3. The summed E-state index contributed by atoms with van der Waals surface area (Å²) >= 11 is 0. The number of hydrogen-bond acceptors (Lipinski definition) is 7. The van der Waals surface area contributed by atoms with Crippen molar-refractivity contribution in [1.29, 1.82) is 0 Å². The number of amides is 2. The van der Waals surface area contributed by atoms with E-state index in [1.54, 1.807) is 17.0 Å². The number of aromatic amines is 1. The first-order chi connectivity index (χ1) is 19.5. The average molecular weight is 565 g/mol. The standard InChI is InChI=1S/C31H40N4O6/c1-7-13-30(2,3)40-20-31(4,5)41-23-19-33-27(39-6)25-24(23)22(18-32-25)26(36)29(38)35-16-14-34(15-17-35)28(37)21-11-9-8-10-12-21/h8-12,18-19,32H,7,13-17,20H2,1-6H3. The molecule has 1 aliphatic rings. The molecule has 1 saturated heterocycles. The Morgan fingerprint density at radius 1 is 0.976 bits per heavy atom. The molecule has 10 nitrogen and oxygen atoms in total. The van der Waals surface area contributed by atoms with E-state index in [1.165, 1.54) is 24.4 Å². The molecule has 1 N–H and O–H groups in total. The molecule has 10 heteroatoms. The van der Waals surface area contributed by atoms with E-state index in [0.29, 0.717) is 41.9 Å². The Balaban J connectivity index is 1.52. The lowest BCUT2D eigenvalue weighted by molar-refractivity contribution is -0.127. The summed E-state index contributed by atoms with van der Waals surface area (Å²) in [6, 6.07) is 9.02. The molecule has 1 fully saturated rings. The van der Waals surface area contributed by atoms with E-state index < -0.39 is 17.3 Å². The van der Waals surface area contributed by atoms with Crippen LogP contribution in [0.4, 0.5) is 0 Å². The summed E-state index contributed by atoms with van der Waals surface area (Å²) < 4.78 is 17.9. The zero-order valence-corrected chi connectivity index (χ0v) is 24.8. The van der Waals surface area contributed by atoms with Crippen LogP contribution in [-0.2, 0) is 9.53 Å². The van der Waals surface area contributed by atoms with Crippen molar-refractivity contribution < 1.29 is 28.6 Å². The molecule has 1 aromatic carbocycles. The van der Waals surface area contributed by atoms with Gasteiger partial charge in [-0.15, -0.1) is 0 Å². The van der Waals surface area contributed by atoms with E-state index in [2.05, 4.69) is 16.9 Å². The van der Waals surface area contributed by atoms with Gasteiger partial charge in [0.15, 0.2) is 0 Å². The van der Waals surface area contributed by atoms with Crippen molar-refractivity contribution in [1.82, 2.24) is 19.8 Å². The smallest absolute Gasteiger partial charge is 0.295 e. The maximum atomic E-state index is 13.6. The molecular weight excluding hydrogens is 524 g/mol. The Morgan fingerprint density at radius 3 is 2.27 bits per heavy atom. The maximum Gasteiger partial charge on any atom is 0.295 e. The van der Waals surface area contributed by atoms with Crippen LogP contribution in [0.2, 0.25) is 0 Å². The average Bonchev–Trinajstić information content (AvgIpc) is 3.42. The number of piperazine rings is 1. The number of ether oxygens (including phenoxy) is 3. The number of carbonyl (C=O) groups is 3. The molecule has 1 aliphatic heterocycles. The molecule has 0 atom stereocenters. The van der Waals surface area contributed by atoms with E-state index in [4.69, 9.17) is 14.2 Å². The maximum absolute atomic E-state index is 13.6. The zero-order chi connectivity index (χ0) is 29.8. The highest BCUT2D eigenvalue weighted by atomic mass is 16.6. The second kappa shape index (κ2) is 12.3. The monoisotopic (exact) mass is 564 g/mol. The molecule has 41 heavy (non-hydrogen) atoms. The topological polar surface area (TPSA) is 114 Å². The van der Waals surface area contributed by atoms with E-state index in [0.717, 1.165) is 12.8 Å². The fraction of sp³-hybridized carbons (Fsp3) is 0.484. The number of H-pyrrole nitrogens is 1. The lowest BCUT2D eigenvalue weighted by Gasteiger charge is -2.34. The number of carbonyl (C=O) groups excluding carboxylic acids is 3. The summed E-state index contributed by atoms with van der Waals surface area (Å²) in [5.41, 5.74) is 0.172. The van der Waals surface area contributed by atoms with Gasteiger partial charge in [0.05, 0.1) is 36.5 Å². The van der Waals surface area contributed by atoms with Crippen LogP contribution < -0.4 is 9.47 Å². The lowest BCUT2D eigenvalue weighted by atomic mass is 10.0. The van der Waals surface area contributed by atoms with E-state index in [1.807, 2.05) is 45.9 Å². The van der Waals surface area contributed by atoms with Crippen molar-refractivity contribution in [3.63, 3.8) is 0 Å². The van der Waals surface area contributed by atoms with Crippen LogP contribution in [0.25, 0.3) is 10.9 Å². The Hall–Kier alpha value is -3.92. The Kier molecular flexibility index (Phi) is 9.01. The first-order valence-corrected chi connectivity index (χ1v) is 14.0. The van der Waals surface area contributed by atoms with Gasteiger partial charge in [-0.25, -0.2) is 4.98 Å². The summed E-state index contributed by atoms with van der Waals surface area (Å²) in [6.45, 7) is 11.5. The van der Waals surface area contributed by atoms with Crippen molar-refractivity contribution in [3.8, 4) is 11.6 Å². The second-order valence-electron chi connectivity index (χ2n) is 11.5. The third kappa shape index (κ3) is 6.87. The lowest BCUT2D eigenvalue weighted by Crippen LogP contribution is -2.52. The summed E-state index contributed by atoms with van der Waals surface area (Å²) in [6.07, 6.45) is 4.90. The molecule has 0 aliphatic carbocycles. The number of rotatable bonds is 11. The minimum absolute atomic E-state index is 0.0910. The van der Waals surface area contributed by atoms with Gasteiger partial charge in [0, 0.05) is 37.9 Å². The van der Waals surface area contributed by atoms with Crippen molar-refractivity contribution in [2.24, 2.45) is 0 Å². The fourth-order valence-electron chi connectivity index (χ4n) is 5.01. The first kappa shape index (κ1) is 30.0. The molecule has 3 aromatic rings. The number of nitrogens with one attached hydrogen (secondary N) is 1. The number of hydrogen-bond donors (Lipinski definition) is 1. The molecule has 0 radical (unpaired) electrons. The van der Waals surface area contributed by atoms with Crippen LogP contribution in [-0.4, -0.2) is 88.5 Å². The van der Waals surface area contributed by atoms with Gasteiger partial charge in [0.1, 0.15) is 16.9 Å². The van der Waals surface area contributed by atoms with E-state index in [9.17, 15) is 14.4 Å². The third-order valence-corrected chi connectivity index (χ3v) is 7.20. The Morgan fingerprint density at radius 2 is 1.63 bits per heavy atom. The Bertz CT molecular complexity index is 1390. The van der Waals surface area contributed by atoms with Gasteiger partial charge in [-0.3, -0.25) is 14.4 Å². The van der Waals surface area contributed by atoms with Crippen LogP contribution in [0.15, 0.2) is 42.7 Å². The van der Waals surface area contributed by atoms with Gasteiger partial charge < -0.3 is 29.0 Å². The molecule has 4 rings (SSSR count). The zero-order valence-electron chi connectivity index (χ0n) is 24.8. The number of pyridine rings is 1. The van der Waals surface area contributed by atoms with Crippen molar-refractivity contribution in [2.45, 2.75) is 58.7 Å². The molecule has 0 unspecified atom stereocenters. The predicted molar refractivity (Wildman–Crippen MR) is 156 cm³/mol. The minimum Gasteiger partial charge on any atom is -0.483 e. The van der Waals surface area contributed by atoms with Crippen LogP contribution in [0.1, 0.15) is 68.2 Å². The highest BCUT2D eigenvalue weighted by Gasteiger charge is 2.33. The highest BCUT2D eigenvalue weighted by molar-refractivity contribution is 6.45. The van der Waals surface area contributed by atoms with Crippen LogP contribution in [0.5, 0.6) is 11.6 Å². The number of Topliss-reactive ketones (excluding diaryl/α,β-unsaturated/α-hetero) is 1. The predicted octanol–water partition coefficient (Wildman–Crippen LogP) is 4.49. The quantitative estimate of drug-likeness (QED) is 0.270. The summed E-state index contributed by atoms with van der Waals surface area (Å²) in [5, 5.41) is 0.425. The largest absolute Gasteiger partial charge is 0.483 e. The molecule has 3 heterocycles. The fourth-order valence-corrected chi connectivity index (χ4v) is 5.01. The Labute approximate surface area is 241 Å². The van der Waals surface area contributed by atoms with Crippen LogP contribution in [0.3, 0.4) is 0 Å². The molecule has 0 saturated carbocycles. The van der Waals surface area contributed by atoms with E-state index in [-0.39, 0.29) is 36.0 Å². The SMILES string of the molecule is CCCC(C)(C)OCC(C)(C)Oc1cnc(OC)c2[nH]cc(C(=O)C(=O)N3CCN(C(=O)c4ccccc4)CC3)c12. The van der Waals surface area contributed by atoms with Gasteiger partial charge in [-0.1, -0.05) is 31.5 Å². The normalized spacial score (nSPS) is 14.3.